The zero-order valence-electron chi connectivity index (χ0n) is 25.1. The Morgan fingerprint density at radius 1 is 0.304 bits per heavy atom. The molecule has 216 valence electrons. The topological polar surface area (TPSA) is 16.4 Å². The average molecular weight is 588 g/mol. The van der Waals surface area contributed by atoms with Crippen molar-refractivity contribution in [3.63, 3.8) is 0 Å². The molecule has 9 rings (SSSR count). The summed E-state index contributed by atoms with van der Waals surface area (Å²) < 4.78 is 6.20. The molecule has 2 nitrogen and oxygen atoms in total. The second kappa shape index (κ2) is 10.8. The van der Waals surface area contributed by atoms with Crippen molar-refractivity contribution < 1.29 is 4.42 Å². The van der Waals surface area contributed by atoms with Gasteiger partial charge in [-0.15, -0.1) is 0 Å². The summed E-state index contributed by atoms with van der Waals surface area (Å²) in [5.41, 5.74) is 9.92. The maximum Gasteiger partial charge on any atom is 0.136 e. The fourth-order valence-corrected chi connectivity index (χ4v) is 6.77. The highest BCUT2D eigenvalue weighted by atomic mass is 16.3. The second-order valence-electron chi connectivity index (χ2n) is 11.8. The van der Waals surface area contributed by atoms with Gasteiger partial charge in [-0.3, -0.25) is 0 Å². The van der Waals surface area contributed by atoms with Crippen LogP contribution in [-0.2, 0) is 0 Å². The molecule has 0 bridgehead atoms. The fraction of sp³-hybridized carbons (Fsp3) is 0. The van der Waals surface area contributed by atoms with Gasteiger partial charge in [0.2, 0.25) is 0 Å². The zero-order chi connectivity index (χ0) is 30.5. The first-order valence-electron chi connectivity index (χ1n) is 15.7. The lowest BCUT2D eigenvalue weighted by molar-refractivity contribution is 0.669. The number of hydrogen-bond acceptors (Lipinski definition) is 2. The number of furan rings is 1. The Balaban J connectivity index is 1.25. The van der Waals surface area contributed by atoms with Crippen LogP contribution in [0, 0.1) is 0 Å². The van der Waals surface area contributed by atoms with E-state index in [1.165, 1.54) is 43.8 Å². The normalized spacial score (nSPS) is 11.5. The highest BCUT2D eigenvalue weighted by molar-refractivity contribution is 6.16. The van der Waals surface area contributed by atoms with E-state index in [0.29, 0.717) is 0 Å². The molecule has 0 saturated heterocycles. The summed E-state index contributed by atoms with van der Waals surface area (Å²) in [4.78, 5) is 2.37. The number of nitrogens with zero attached hydrogens (tertiary/aromatic N) is 1. The van der Waals surface area contributed by atoms with Gasteiger partial charge < -0.3 is 9.32 Å². The van der Waals surface area contributed by atoms with E-state index >= 15 is 0 Å². The number of fused-ring (bicyclic) bond motifs is 6. The van der Waals surface area contributed by atoms with E-state index in [0.717, 1.165) is 39.0 Å². The number of para-hydroxylation sites is 2. The summed E-state index contributed by atoms with van der Waals surface area (Å²) in [5.74, 6) is 0. The molecule has 1 heterocycles. The number of benzene rings is 8. The Kier molecular flexibility index (Phi) is 6.17. The molecule has 0 aliphatic carbocycles. The molecule has 9 aromatic rings. The van der Waals surface area contributed by atoms with Crippen LogP contribution in [0.5, 0.6) is 0 Å². The molecule has 0 aliphatic heterocycles. The Bertz CT molecular complexity index is 2460. The molecular weight excluding hydrogens is 558 g/mol. The fourth-order valence-electron chi connectivity index (χ4n) is 6.77. The van der Waals surface area contributed by atoms with E-state index in [2.05, 4.69) is 169 Å². The quantitative estimate of drug-likeness (QED) is 0.186. The van der Waals surface area contributed by atoms with Crippen LogP contribution in [0.15, 0.2) is 180 Å². The van der Waals surface area contributed by atoms with Crippen LogP contribution >= 0.6 is 0 Å². The van der Waals surface area contributed by atoms with Crippen molar-refractivity contribution in [2.75, 3.05) is 4.90 Å². The van der Waals surface area contributed by atoms with Crippen LogP contribution in [0.25, 0.3) is 65.7 Å². The third-order valence-electron chi connectivity index (χ3n) is 8.98. The van der Waals surface area contributed by atoms with Crippen LogP contribution in [-0.4, -0.2) is 0 Å². The molecule has 0 spiro atoms. The lowest BCUT2D eigenvalue weighted by Crippen LogP contribution is -2.10. The SMILES string of the molecule is c1ccc(-c2cc(-c3ccccc3)cc(N(c3ccccc3)c3ccc4c(ccc5cc6oc7ccccc7c6cc54)c3)c2)cc1. The molecule has 0 fully saturated rings. The van der Waals surface area contributed by atoms with Crippen LogP contribution in [0.3, 0.4) is 0 Å². The molecule has 0 aliphatic rings. The van der Waals surface area contributed by atoms with Gasteiger partial charge in [-0.1, -0.05) is 115 Å². The lowest BCUT2D eigenvalue weighted by Gasteiger charge is -2.27. The van der Waals surface area contributed by atoms with Gasteiger partial charge in [0.15, 0.2) is 0 Å². The number of hydrogen-bond donors (Lipinski definition) is 0. The molecule has 2 heteroatoms. The van der Waals surface area contributed by atoms with E-state index in [-0.39, 0.29) is 0 Å². The van der Waals surface area contributed by atoms with Crippen molar-refractivity contribution in [2.45, 2.75) is 0 Å². The van der Waals surface area contributed by atoms with Gasteiger partial charge in [-0.25, -0.2) is 0 Å². The van der Waals surface area contributed by atoms with Gasteiger partial charge >= 0.3 is 0 Å². The summed E-state index contributed by atoms with van der Waals surface area (Å²) in [5, 5.41) is 7.12. The standard InChI is InChI=1S/C44H29NO/c1-4-12-30(13-5-1)34-24-35(31-14-6-2-7-15-31)27-38(26-34)45(36-16-8-3-9-17-36)37-22-23-39-32(25-37)20-21-33-28-44-42(29-41(33)39)40-18-10-11-19-43(40)46-44/h1-29H. The molecule has 0 saturated carbocycles. The van der Waals surface area contributed by atoms with Crippen LogP contribution in [0.4, 0.5) is 17.1 Å². The number of anilines is 3. The van der Waals surface area contributed by atoms with Crippen molar-refractivity contribution in [2.24, 2.45) is 0 Å². The maximum atomic E-state index is 6.20. The Morgan fingerprint density at radius 2 is 0.913 bits per heavy atom. The molecule has 1 aromatic heterocycles. The van der Waals surface area contributed by atoms with Gasteiger partial charge in [0.05, 0.1) is 0 Å². The second-order valence-corrected chi connectivity index (χ2v) is 11.8. The summed E-state index contributed by atoms with van der Waals surface area (Å²) in [6.07, 6.45) is 0. The third kappa shape index (κ3) is 4.51. The maximum absolute atomic E-state index is 6.20. The minimum absolute atomic E-state index is 0.922. The highest BCUT2D eigenvalue weighted by Gasteiger charge is 2.17. The Labute approximate surface area is 267 Å². The van der Waals surface area contributed by atoms with E-state index < -0.39 is 0 Å². The first-order chi connectivity index (χ1) is 22.8. The highest BCUT2D eigenvalue weighted by Crippen LogP contribution is 2.42. The predicted molar refractivity (Wildman–Crippen MR) is 194 cm³/mol. The van der Waals surface area contributed by atoms with Gasteiger partial charge in [-0.2, -0.15) is 0 Å². The monoisotopic (exact) mass is 587 g/mol. The van der Waals surface area contributed by atoms with E-state index in [1.807, 2.05) is 12.1 Å². The molecule has 0 unspecified atom stereocenters. The van der Waals surface area contributed by atoms with Gasteiger partial charge in [0.25, 0.3) is 0 Å². The van der Waals surface area contributed by atoms with E-state index in [1.54, 1.807) is 0 Å². The molecular formula is C44H29NO. The zero-order valence-corrected chi connectivity index (χ0v) is 25.1. The molecule has 0 amide bonds. The van der Waals surface area contributed by atoms with Crippen LogP contribution < -0.4 is 4.90 Å². The average Bonchev–Trinajstić information content (AvgIpc) is 3.49. The smallest absolute Gasteiger partial charge is 0.136 e. The van der Waals surface area contributed by atoms with Gasteiger partial charge in [-0.05, 0) is 104 Å². The lowest BCUT2D eigenvalue weighted by atomic mass is 9.96. The van der Waals surface area contributed by atoms with E-state index in [9.17, 15) is 0 Å². The summed E-state index contributed by atoms with van der Waals surface area (Å²) in [6.45, 7) is 0. The predicted octanol–water partition coefficient (Wildman–Crippen LogP) is 12.7. The van der Waals surface area contributed by atoms with E-state index in [4.69, 9.17) is 4.42 Å². The molecule has 0 N–H and O–H groups in total. The first-order valence-corrected chi connectivity index (χ1v) is 15.7. The third-order valence-corrected chi connectivity index (χ3v) is 8.98. The first kappa shape index (κ1) is 26.3. The largest absolute Gasteiger partial charge is 0.456 e. The van der Waals surface area contributed by atoms with Crippen molar-refractivity contribution in [3.8, 4) is 22.3 Å². The summed E-state index contributed by atoms with van der Waals surface area (Å²) in [6, 6.07) is 62.9. The molecule has 0 radical (unpaired) electrons. The van der Waals surface area contributed by atoms with Crippen molar-refractivity contribution in [1.29, 1.82) is 0 Å². The van der Waals surface area contributed by atoms with Crippen molar-refractivity contribution >= 4 is 60.5 Å². The number of rotatable bonds is 5. The molecule has 0 atom stereocenters. The summed E-state index contributed by atoms with van der Waals surface area (Å²) >= 11 is 0. The minimum Gasteiger partial charge on any atom is -0.456 e. The molecule has 8 aromatic carbocycles. The molecule has 46 heavy (non-hydrogen) atoms. The van der Waals surface area contributed by atoms with Crippen LogP contribution in [0.2, 0.25) is 0 Å². The Morgan fingerprint density at radius 3 is 1.61 bits per heavy atom. The van der Waals surface area contributed by atoms with Gasteiger partial charge in [0, 0.05) is 27.8 Å². The van der Waals surface area contributed by atoms with Crippen molar-refractivity contribution in [3.05, 3.63) is 176 Å². The summed E-state index contributed by atoms with van der Waals surface area (Å²) in [7, 11) is 0. The Hall–Kier alpha value is -6.12. The minimum atomic E-state index is 0.922. The van der Waals surface area contributed by atoms with Gasteiger partial charge in [0.1, 0.15) is 11.2 Å². The van der Waals surface area contributed by atoms with Crippen LogP contribution in [0.1, 0.15) is 0 Å². The van der Waals surface area contributed by atoms with Crippen molar-refractivity contribution in [1.82, 2.24) is 0 Å².